The molecule has 6 nitrogen and oxygen atoms in total. The Balaban J connectivity index is 2.25. The van der Waals surface area contributed by atoms with Gasteiger partial charge in [0, 0.05) is 10.7 Å². The molecule has 2 heterocycles. The molecule has 108 valence electrons. The standard InChI is InChI=1S/C16H12N4O2/c1-9-14(10(2)22-19-9)15-13(8-17)20(3)18-16(15)11-4-6-12(21)7-5-11/h4-7H,3H2,1-2H3/p+1. The van der Waals surface area contributed by atoms with Crippen molar-refractivity contribution in [1.82, 2.24) is 5.16 Å². The third kappa shape index (κ3) is 2.00. The lowest BCUT2D eigenvalue weighted by Crippen LogP contribution is -2.04. The van der Waals surface area contributed by atoms with E-state index in [0.29, 0.717) is 28.4 Å². The topological polar surface area (TPSA) is 85.4 Å². The number of hydrazone groups is 1. The summed E-state index contributed by atoms with van der Waals surface area (Å²) < 4.78 is 6.51. The van der Waals surface area contributed by atoms with Crippen LogP contribution in [0.1, 0.15) is 22.6 Å². The Morgan fingerprint density at radius 2 is 1.95 bits per heavy atom. The fraction of sp³-hybridized carbons (Fsp3) is 0.125. The minimum atomic E-state index is 0.164. The lowest BCUT2D eigenvalue weighted by molar-refractivity contribution is -0.461. The first-order valence-corrected chi connectivity index (χ1v) is 6.59. The molecule has 1 aliphatic heterocycles. The van der Waals surface area contributed by atoms with Crippen LogP contribution < -0.4 is 0 Å². The number of rotatable bonds is 2. The van der Waals surface area contributed by atoms with Crippen LogP contribution in [0.5, 0.6) is 5.75 Å². The van der Waals surface area contributed by atoms with E-state index in [2.05, 4.69) is 23.0 Å². The Bertz CT molecular complexity index is 860. The molecular formula is C16H13N4O2+. The van der Waals surface area contributed by atoms with Crippen LogP contribution in [0.2, 0.25) is 0 Å². The third-order valence-electron chi connectivity index (χ3n) is 3.48. The number of aromatic hydroxyl groups is 1. The number of hydrogen-bond donors (Lipinski definition) is 1. The van der Waals surface area contributed by atoms with Gasteiger partial charge in [0.1, 0.15) is 17.1 Å². The zero-order valence-electron chi connectivity index (χ0n) is 12.2. The normalized spacial score (nSPS) is 14.2. The van der Waals surface area contributed by atoms with Gasteiger partial charge < -0.3 is 9.63 Å². The zero-order valence-corrected chi connectivity index (χ0v) is 12.2. The van der Waals surface area contributed by atoms with E-state index in [1.807, 2.05) is 6.92 Å². The number of allylic oxidation sites excluding steroid dienone is 2. The summed E-state index contributed by atoms with van der Waals surface area (Å²) in [5, 5.41) is 27.2. The lowest BCUT2D eigenvalue weighted by atomic mass is 9.94. The Morgan fingerprint density at radius 3 is 2.50 bits per heavy atom. The van der Waals surface area contributed by atoms with Gasteiger partial charge in [-0.05, 0) is 42.8 Å². The van der Waals surface area contributed by atoms with Gasteiger partial charge in [-0.1, -0.05) is 5.16 Å². The van der Waals surface area contributed by atoms with Crippen LogP contribution in [0.25, 0.3) is 5.57 Å². The number of aromatic nitrogens is 1. The molecule has 0 saturated heterocycles. The van der Waals surface area contributed by atoms with Crippen molar-refractivity contribution in [3.63, 3.8) is 0 Å². The SMILES string of the molecule is C=[N+]1N=C(c2ccc(O)cc2)C(c2c(C)noc2C)=C1C#N. The Labute approximate surface area is 126 Å². The van der Waals surface area contributed by atoms with Gasteiger partial charge in [-0.3, -0.25) is 0 Å². The molecule has 0 aliphatic carbocycles. The Kier molecular flexibility index (Phi) is 3.11. The first kappa shape index (κ1) is 13.8. The summed E-state index contributed by atoms with van der Waals surface area (Å²) in [5.41, 5.74) is 3.76. The van der Waals surface area contributed by atoms with Crippen molar-refractivity contribution in [2.75, 3.05) is 0 Å². The van der Waals surface area contributed by atoms with Crippen molar-refractivity contribution in [1.29, 1.82) is 5.26 Å². The largest absolute Gasteiger partial charge is 0.508 e. The molecule has 6 heteroatoms. The fourth-order valence-corrected chi connectivity index (χ4v) is 2.47. The van der Waals surface area contributed by atoms with Gasteiger partial charge in [0.25, 0.3) is 0 Å². The van der Waals surface area contributed by atoms with Gasteiger partial charge in [-0.15, -0.1) is 0 Å². The van der Waals surface area contributed by atoms with Gasteiger partial charge in [0.15, 0.2) is 18.5 Å². The Morgan fingerprint density at radius 1 is 1.27 bits per heavy atom. The van der Waals surface area contributed by atoms with Crippen LogP contribution in [0, 0.1) is 25.2 Å². The second-order valence-electron chi connectivity index (χ2n) is 4.93. The maximum absolute atomic E-state index is 9.44. The van der Waals surface area contributed by atoms with E-state index < -0.39 is 0 Å². The van der Waals surface area contributed by atoms with Crippen LogP contribution in [-0.4, -0.2) is 27.4 Å². The van der Waals surface area contributed by atoms with Gasteiger partial charge in [-0.2, -0.15) is 5.26 Å². The highest BCUT2D eigenvalue weighted by Gasteiger charge is 2.36. The summed E-state index contributed by atoms with van der Waals surface area (Å²) in [5.74, 6) is 0.777. The summed E-state index contributed by atoms with van der Waals surface area (Å²) in [4.78, 5) is 0. The highest BCUT2D eigenvalue weighted by molar-refractivity contribution is 6.33. The number of nitriles is 1. The number of aryl methyl sites for hydroxylation is 2. The molecule has 0 bridgehead atoms. The summed E-state index contributed by atoms with van der Waals surface area (Å²) in [7, 11) is 0. The molecule has 0 saturated carbocycles. The van der Waals surface area contributed by atoms with E-state index in [0.717, 1.165) is 11.1 Å². The maximum Gasteiger partial charge on any atom is 0.324 e. The molecule has 1 aromatic carbocycles. The molecule has 0 amide bonds. The van der Waals surface area contributed by atoms with Gasteiger partial charge >= 0.3 is 5.70 Å². The average molecular weight is 293 g/mol. The number of benzene rings is 1. The number of phenolic OH excluding ortho intramolecular Hbond substituents is 1. The number of hydrogen-bond acceptors (Lipinski definition) is 5. The highest BCUT2D eigenvalue weighted by Crippen LogP contribution is 2.33. The first-order chi connectivity index (χ1) is 10.5. The number of phenols is 1. The lowest BCUT2D eigenvalue weighted by Gasteiger charge is -2.03. The van der Waals surface area contributed by atoms with Crippen molar-refractivity contribution in [2.24, 2.45) is 5.10 Å². The monoisotopic (exact) mass is 293 g/mol. The molecule has 0 radical (unpaired) electrons. The van der Waals surface area contributed by atoms with Crippen molar-refractivity contribution < 1.29 is 14.3 Å². The minimum absolute atomic E-state index is 0.164. The van der Waals surface area contributed by atoms with E-state index in [1.54, 1.807) is 31.2 Å². The molecule has 1 aliphatic rings. The van der Waals surface area contributed by atoms with Gasteiger partial charge in [0.05, 0.1) is 11.3 Å². The number of nitrogens with zero attached hydrogens (tertiary/aromatic N) is 4. The van der Waals surface area contributed by atoms with Crippen molar-refractivity contribution in [3.8, 4) is 11.8 Å². The summed E-state index contributed by atoms with van der Waals surface area (Å²) in [6.45, 7) is 7.37. The average Bonchev–Trinajstić information content (AvgIpc) is 2.99. The third-order valence-corrected chi connectivity index (χ3v) is 3.48. The van der Waals surface area contributed by atoms with Crippen LogP contribution in [0.3, 0.4) is 0 Å². The van der Waals surface area contributed by atoms with E-state index in [9.17, 15) is 10.4 Å². The van der Waals surface area contributed by atoms with Crippen LogP contribution >= 0.6 is 0 Å². The van der Waals surface area contributed by atoms with Crippen molar-refractivity contribution >= 4 is 18.0 Å². The predicted octanol–water partition coefficient (Wildman–Crippen LogP) is 2.36. The van der Waals surface area contributed by atoms with Crippen molar-refractivity contribution in [2.45, 2.75) is 13.8 Å². The molecule has 0 atom stereocenters. The molecule has 0 fully saturated rings. The summed E-state index contributed by atoms with van der Waals surface area (Å²) >= 11 is 0. The Hall–Kier alpha value is -3.20. The molecular weight excluding hydrogens is 280 g/mol. The molecule has 0 spiro atoms. The van der Waals surface area contributed by atoms with Crippen LogP contribution in [0.4, 0.5) is 0 Å². The van der Waals surface area contributed by atoms with Crippen molar-refractivity contribution in [3.05, 3.63) is 52.5 Å². The molecule has 2 aromatic rings. The van der Waals surface area contributed by atoms with Gasteiger partial charge in [0.2, 0.25) is 0 Å². The molecule has 1 N–H and O–H groups in total. The predicted molar refractivity (Wildman–Crippen MR) is 80.5 cm³/mol. The second-order valence-corrected chi connectivity index (χ2v) is 4.93. The zero-order chi connectivity index (χ0) is 15.9. The van der Waals surface area contributed by atoms with E-state index >= 15 is 0 Å². The van der Waals surface area contributed by atoms with Gasteiger partial charge in [-0.25, -0.2) is 0 Å². The summed E-state index contributed by atoms with van der Waals surface area (Å²) in [6, 6.07) is 8.74. The van der Waals surface area contributed by atoms with E-state index in [4.69, 9.17) is 4.52 Å². The smallest absolute Gasteiger partial charge is 0.324 e. The molecule has 1 aromatic heterocycles. The molecule has 3 rings (SSSR count). The molecule has 0 unspecified atom stereocenters. The summed E-state index contributed by atoms with van der Waals surface area (Å²) in [6.07, 6.45) is 0. The second kappa shape index (κ2) is 4.97. The quantitative estimate of drug-likeness (QED) is 0.861. The fourth-order valence-electron chi connectivity index (χ4n) is 2.47. The van der Waals surface area contributed by atoms with E-state index in [-0.39, 0.29) is 5.75 Å². The minimum Gasteiger partial charge on any atom is -0.508 e. The van der Waals surface area contributed by atoms with E-state index in [1.165, 1.54) is 4.68 Å². The first-order valence-electron chi connectivity index (χ1n) is 6.59. The van der Waals surface area contributed by atoms with Crippen LogP contribution in [-0.2, 0) is 0 Å². The maximum atomic E-state index is 9.44. The van der Waals surface area contributed by atoms with Crippen LogP contribution in [0.15, 0.2) is 39.6 Å². The molecule has 22 heavy (non-hydrogen) atoms. The highest BCUT2D eigenvalue weighted by atomic mass is 16.5.